The second-order valence-corrected chi connectivity index (χ2v) is 7.81. The number of nitrogens with one attached hydrogen (secondary N) is 1. The minimum Gasteiger partial charge on any atom is -0.497 e. The molecule has 1 aliphatic carbocycles. The molecule has 1 amide bonds. The van der Waals surface area contributed by atoms with E-state index in [1.807, 2.05) is 12.1 Å². The van der Waals surface area contributed by atoms with E-state index in [2.05, 4.69) is 29.4 Å². The number of ether oxygens (including phenoxy) is 1. The summed E-state index contributed by atoms with van der Waals surface area (Å²) in [4.78, 5) is 15.2. The minimum absolute atomic E-state index is 0.150. The first-order chi connectivity index (χ1) is 11.7. The largest absolute Gasteiger partial charge is 0.497 e. The predicted molar refractivity (Wildman–Crippen MR) is 94.2 cm³/mol. The molecule has 1 unspecified atom stereocenters. The Labute approximate surface area is 144 Å². The lowest BCUT2D eigenvalue weighted by molar-refractivity contribution is -0.123. The van der Waals surface area contributed by atoms with E-state index in [0.717, 1.165) is 25.0 Å². The summed E-state index contributed by atoms with van der Waals surface area (Å²) in [6, 6.07) is 9.85. The molecule has 3 aliphatic rings. The zero-order chi connectivity index (χ0) is 16.7. The van der Waals surface area contributed by atoms with Crippen LogP contribution in [0.25, 0.3) is 0 Å². The number of piperidine rings is 2. The van der Waals surface area contributed by atoms with Crippen molar-refractivity contribution in [3.8, 4) is 5.75 Å². The van der Waals surface area contributed by atoms with Crippen LogP contribution in [0.4, 0.5) is 0 Å². The highest BCUT2D eigenvalue weighted by atomic mass is 16.5. The number of hydrogen-bond donors (Lipinski definition) is 1. The monoisotopic (exact) mass is 328 g/mol. The van der Waals surface area contributed by atoms with Crippen molar-refractivity contribution in [2.24, 2.45) is 5.92 Å². The third-order valence-electron chi connectivity index (χ3n) is 6.34. The third kappa shape index (κ3) is 3.04. The summed E-state index contributed by atoms with van der Waals surface area (Å²) < 4.78 is 5.30. The Morgan fingerprint density at radius 2 is 1.96 bits per heavy atom. The van der Waals surface area contributed by atoms with Crippen molar-refractivity contribution in [1.82, 2.24) is 10.2 Å². The van der Waals surface area contributed by atoms with E-state index >= 15 is 0 Å². The molecule has 24 heavy (non-hydrogen) atoms. The molecule has 3 fully saturated rings. The summed E-state index contributed by atoms with van der Waals surface area (Å²) in [5.74, 6) is 1.65. The molecule has 4 rings (SSSR count). The first kappa shape index (κ1) is 15.9. The highest BCUT2D eigenvalue weighted by molar-refractivity contribution is 5.83. The Morgan fingerprint density at radius 1 is 1.21 bits per heavy atom. The van der Waals surface area contributed by atoms with Crippen LogP contribution in [-0.2, 0) is 4.79 Å². The van der Waals surface area contributed by atoms with Crippen LogP contribution >= 0.6 is 0 Å². The minimum atomic E-state index is 0.150. The van der Waals surface area contributed by atoms with Gasteiger partial charge in [-0.25, -0.2) is 0 Å². The number of methoxy groups -OCH3 is 1. The van der Waals surface area contributed by atoms with Gasteiger partial charge in [0, 0.05) is 24.0 Å². The Hall–Kier alpha value is -1.55. The van der Waals surface area contributed by atoms with Crippen molar-refractivity contribution in [2.75, 3.05) is 14.2 Å². The first-order valence-electron chi connectivity index (χ1n) is 9.32. The maximum atomic E-state index is 12.7. The van der Waals surface area contributed by atoms with Gasteiger partial charge in [0.05, 0.1) is 7.11 Å². The predicted octanol–water partition coefficient (Wildman–Crippen LogP) is 2.93. The van der Waals surface area contributed by atoms with Crippen LogP contribution in [0.3, 0.4) is 0 Å². The van der Waals surface area contributed by atoms with Crippen molar-refractivity contribution < 1.29 is 9.53 Å². The van der Waals surface area contributed by atoms with E-state index < -0.39 is 0 Å². The van der Waals surface area contributed by atoms with E-state index in [1.165, 1.54) is 24.8 Å². The lowest BCUT2D eigenvalue weighted by Gasteiger charge is -2.47. The summed E-state index contributed by atoms with van der Waals surface area (Å²) in [6.07, 6.45) is 7.13. The van der Waals surface area contributed by atoms with E-state index in [4.69, 9.17) is 4.74 Å². The summed E-state index contributed by atoms with van der Waals surface area (Å²) in [5.41, 5.74) is 1.23. The first-order valence-corrected chi connectivity index (χ1v) is 9.32. The lowest BCUT2D eigenvalue weighted by Crippen LogP contribution is -2.55. The Morgan fingerprint density at radius 3 is 2.67 bits per heavy atom. The van der Waals surface area contributed by atoms with Crippen LogP contribution in [0.5, 0.6) is 5.75 Å². The fourth-order valence-corrected chi connectivity index (χ4v) is 4.77. The molecule has 4 heteroatoms. The molecule has 1 aromatic carbocycles. The van der Waals surface area contributed by atoms with Gasteiger partial charge >= 0.3 is 0 Å². The van der Waals surface area contributed by atoms with E-state index in [-0.39, 0.29) is 11.8 Å². The Kier molecular flexibility index (Phi) is 4.25. The topological polar surface area (TPSA) is 41.6 Å². The fraction of sp³-hybridized carbons (Fsp3) is 0.650. The molecule has 0 aromatic heterocycles. The van der Waals surface area contributed by atoms with Crippen molar-refractivity contribution in [2.45, 2.75) is 62.6 Å². The molecule has 2 saturated heterocycles. The summed E-state index contributed by atoms with van der Waals surface area (Å²) in [6.45, 7) is 0. The zero-order valence-electron chi connectivity index (χ0n) is 14.7. The standard InChI is InChI=1S/C20H28N2O2/c1-22-15-6-4-7-16(22)11-14(10-15)21-20(23)19-12-18(19)13-5-3-8-17(9-13)24-2/h3,5,8-9,14-16,18-19H,4,6-7,10-12H2,1-2H3,(H,21,23)/t14?,15-,16+,18-,19-/m0/s1. The smallest absolute Gasteiger partial charge is 0.223 e. The molecule has 5 atom stereocenters. The molecule has 1 aromatic rings. The van der Waals surface area contributed by atoms with Crippen molar-refractivity contribution in [3.05, 3.63) is 29.8 Å². The van der Waals surface area contributed by atoms with Gasteiger partial charge in [-0.3, -0.25) is 4.79 Å². The average Bonchev–Trinajstić information content (AvgIpc) is 3.37. The van der Waals surface area contributed by atoms with Crippen LogP contribution in [0.2, 0.25) is 0 Å². The summed E-state index contributed by atoms with van der Waals surface area (Å²) in [7, 11) is 3.94. The lowest BCUT2D eigenvalue weighted by atomic mass is 9.82. The quantitative estimate of drug-likeness (QED) is 0.924. The number of carbonyl (C=O) groups excluding carboxylic acids is 1. The van der Waals surface area contributed by atoms with Gasteiger partial charge in [-0.1, -0.05) is 18.6 Å². The molecule has 0 radical (unpaired) electrons. The van der Waals surface area contributed by atoms with Gasteiger partial charge in [-0.2, -0.15) is 0 Å². The SMILES string of the molecule is COc1cccc([C@@H]2C[C@@H]2C(=O)NC2C[C@H]3CCC[C@@H](C2)N3C)c1. The van der Waals surface area contributed by atoms with Gasteiger partial charge in [-0.05, 0) is 62.8 Å². The number of nitrogens with zero attached hydrogens (tertiary/aromatic N) is 1. The zero-order valence-corrected chi connectivity index (χ0v) is 14.7. The van der Waals surface area contributed by atoms with E-state index in [1.54, 1.807) is 7.11 Å². The van der Waals surface area contributed by atoms with Crippen LogP contribution in [0.15, 0.2) is 24.3 Å². The van der Waals surface area contributed by atoms with Crippen LogP contribution in [0.1, 0.15) is 50.0 Å². The van der Waals surface area contributed by atoms with E-state index in [9.17, 15) is 4.79 Å². The van der Waals surface area contributed by atoms with E-state index in [0.29, 0.717) is 24.0 Å². The molecule has 2 heterocycles. The molecular formula is C20H28N2O2. The van der Waals surface area contributed by atoms with Gasteiger partial charge in [0.1, 0.15) is 5.75 Å². The molecule has 4 nitrogen and oxygen atoms in total. The number of fused-ring (bicyclic) bond motifs is 2. The molecule has 1 saturated carbocycles. The van der Waals surface area contributed by atoms with Crippen molar-refractivity contribution in [1.29, 1.82) is 0 Å². The molecule has 130 valence electrons. The van der Waals surface area contributed by atoms with Gasteiger partial charge in [0.25, 0.3) is 0 Å². The van der Waals surface area contributed by atoms with Gasteiger partial charge in [0.15, 0.2) is 0 Å². The normalized spacial score (nSPS) is 35.3. The molecular weight excluding hydrogens is 300 g/mol. The maximum Gasteiger partial charge on any atom is 0.223 e. The van der Waals surface area contributed by atoms with Crippen LogP contribution in [0, 0.1) is 5.92 Å². The number of rotatable bonds is 4. The van der Waals surface area contributed by atoms with Gasteiger partial charge in [0.2, 0.25) is 5.91 Å². The number of hydrogen-bond acceptors (Lipinski definition) is 3. The van der Waals surface area contributed by atoms with Crippen molar-refractivity contribution >= 4 is 5.91 Å². The molecule has 0 spiro atoms. The average molecular weight is 328 g/mol. The second-order valence-electron chi connectivity index (χ2n) is 7.81. The Balaban J connectivity index is 1.34. The highest BCUT2D eigenvalue weighted by Crippen LogP contribution is 2.48. The highest BCUT2D eigenvalue weighted by Gasteiger charge is 2.45. The van der Waals surface area contributed by atoms with Gasteiger partial charge < -0.3 is 15.0 Å². The second kappa shape index (κ2) is 6.40. The van der Waals surface area contributed by atoms with Crippen LogP contribution in [-0.4, -0.2) is 43.1 Å². The maximum absolute atomic E-state index is 12.7. The number of carbonyl (C=O) groups is 1. The number of benzene rings is 1. The molecule has 2 bridgehead atoms. The van der Waals surface area contributed by atoms with Crippen LogP contribution < -0.4 is 10.1 Å². The molecule has 1 N–H and O–H groups in total. The summed E-state index contributed by atoms with van der Waals surface area (Å²) in [5, 5.41) is 3.36. The van der Waals surface area contributed by atoms with Gasteiger partial charge in [-0.15, -0.1) is 0 Å². The fourth-order valence-electron chi connectivity index (χ4n) is 4.77. The Bertz CT molecular complexity index is 603. The number of amides is 1. The summed E-state index contributed by atoms with van der Waals surface area (Å²) >= 11 is 0. The van der Waals surface area contributed by atoms with Crippen molar-refractivity contribution in [3.63, 3.8) is 0 Å². The third-order valence-corrected chi connectivity index (χ3v) is 6.34. The molecule has 2 aliphatic heterocycles.